The molecule has 0 aromatic heterocycles. The van der Waals surface area contributed by atoms with Crippen molar-refractivity contribution in [1.82, 2.24) is 5.32 Å². The second-order valence-electron chi connectivity index (χ2n) is 4.12. The first-order valence-electron chi connectivity index (χ1n) is 4.79. The Labute approximate surface area is 97.1 Å². The van der Waals surface area contributed by atoms with Crippen molar-refractivity contribution in [2.75, 3.05) is 6.54 Å². The molecule has 1 atom stereocenters. The summed E-state index contributed by atoms with van der Waals surface area (Å²) >= 11 is 5.50. The van der Waals surface area contributed by atoms with E-state index in [-0.39, 0.29) is 10.6 Å². The Morgan fingerprint density at radius 1 is 1.38 bits per heavy atom. The van der Waals surface area contributed by atoms with Crippen molar-refractivity contribution in [1.29, 1.82) is 0 Å². The maximum Gasteiger partial charge on any atom is 0.142 e. The minimum atomic E-state index is -0.639. The Bertz CT molecular complexity index is 473. The lowest BCUT2D eigenvalue weighted by Crippen LogP contribution is -2.28. The molecule has 1 aromatic carbocycles. The highest BCUT2D eigenvalue weighted by Crippen LogP contribution is 2.33. The van der Waals surface area contributed by atoms with Crippen LogP contribution in [-0.2, 0) is 5.41 Å². The molecule has 86 valence electrons. The van der Waals surface area contributed by atoms with Crippen LogP contribution in [0.2, 0.25) is 5.02 Å². The number of halogens is 3. The van der Waals surface area contributed by atoms with Gasteiger partial charge in [-0.2, -0.15) is 0 Å². The number of nitrogens with one attached hydrogen (secondary N) is 1. The molecular formula is C11H11ClF2N2. The first-order chi connectivity index (χ1) is 7.42. The van der Waals surface area contributed by atoms with E-state index in [1.165, 1.54) is 0 Å². The average Bonchev–Trinajstić information content (AvgIpc) is 2.53. The summed E-state index contributed by atoms with van der Waals surface area (Å²) in [6, 6.07) is 2.11. The summed E-state index contributed by atoms with van der Waals surface area (Å²) in [5.41, 5.74) is 5.19. The number of hydrogen-bond donors (Lipinski definition) is 2. The molecule has 2 rings (SSSR count). The third-order valence-electron chi connectivity index (χ3n) is 2.76. The molecule has 1 aromatic rings. The van der Waals surface area contributed by atoms with Crippen LogP contribution in [0.4, 0.5) is 8.78 Å². The average molecular weight is 245 g/mol. The molecule has 0 unspecified atom stereocenters. The van der Waals surface area contributed by atoms with Crippen LogP contribution >= 0.6 is 11.6 Å². The molecule has 1 aliphatic heterocycles. The van der Waals surface area contributed by atoms with Gasteiger partial charge in [0, 0.05) is 17.5 Å². The maximum atomic E-state index is 13.7. The molecule has 0 amide bonds. The maximum absolute atomic E-state index is 13.7. The summed E-state index contributed by atoms with van der Waals surface area (Å²) in [5.74, 6) is -0.683. The van der Waals surface area contributed by atoms with Gasteiger partial charge in [0.1, 0.15) is 11.6 Å². The van der Waals surface area contributed by atoms with Crippen LogP contribution in [0.5, 0.6) is 0 Å². The summed E-state index contributed by atoms with van der Waals surface area (Å²) in [6.07, 6.45) is 1.68. The molecular weight excluding hydrogens is 234 g/mol. The van der Waals surface area contributed by atoms with E-state index in [1.807, 2.05) is 0 Å². The SMILES string of the molecule is C[C@@]1(c2cc(F)c(Cl)cc2F)C=C(N)NC1. The topological polar surface area (TPSA) is 38.0 Å². The van der Waals surface area contributed by atoms with Crippen LogP contribution in [0.1, 0.15) is 12.5 Å². The normalized spacial score (nSPS) is 24.1. The predicted molar refractivity (Wildman–Crippen MR) is 59.0 cm³/mol. The summed E-state index contributed by atoms with van der Waals surface area (Å²) in [6.45, 7) is 2.22. The highest BCUT2D eigenvalue weighted by molar-refractivity contribution is 6.30. The smallest absolute Gasteiger partial charge is 0.142 e. The van der Waals surface area contributed by atoms with E-state index in [0.29, 0.717) is 12.4 Å². The third-order valence-corrected chi connectivity index (χ3v) is 3.05. The van der Waals surface area contributed by atoms with Crippen LogP contribution < -0.4 is 11.1 Å². The van der Waals surface area contributed by atoms with Gasteiger partial charge < -0.3 is 11.1 Å². The molecule has 0 saturated carbocycles. The van der Waals surface area contributed by atoms with Crippen LogP contribution in [0.25, 0.3) is 0 Å². The molecule has 5 heteroatoms. The molecule has 0 spiro atoms. The second kappa shape index (κ2) is 3.63. The Balaban J connectivity index is 2.53. The third kappa shape index (κ3) is 1.73. The van der Waals surface area contributed by atoms with Gasteiger partial charge in [0.15, 0.2) is 0 Å². The quantitative estimate of drug-likeness (QED) is 0.744. The lowest BCUT2D eigenvalue weighted by atomic mass is 9.83. The first-order valence-corrected chi connectivity index (χ1v) is 5.17. The zero-order chi connectivity index (χ0) is 11.9. The Hall–Kier alpha value is -1.29. The minimum Gasteiger partial charge on any atom is -0.386 e. The first kappa shape index (κ1) is 11.2. The lowest BCUT2D eigenvalue weighted by molar-refractivity contribution is 0.523. The van der Waals surface area contributed by atoms with Crippen molar-refractivity contribution in [2.45, 2.75) is 12.3 Å². The molecule has 0 radical (unpaired) electrons. The van der Waals surface area contributed by atoms with Gasteiger partial charge in [-0.25, -0.2) is 8.78 Å². The number of hydrogen-bond acceptors (Lipinski definition) is 2. The Morgan fingerprint density at radius 3 is 2.62 bits per heavy atom. The second-order valence-corrected chi connectivity index (χ2v) is 4.52. The van der Waals surface area contributed by atoms with Crippen molar-refractivity contribution in [3.8, 4) is 0 Å². The molecule has 1 aliphatic rings. The lowest BCUT2D eigenvalue weighted by Gasteiger charge is -2.22. The van der Waals surface area contributed by atoms with E-state index in [9.17, 15) is 8.78 Å². The van der Waals surface area contributed by atoms with E-state index < -0.39 is 17.0 Å². The predicted octanol–water partition coefficient (Wildman–Crippen LogP) is 2.28. The fraction of sp³-hybridized carbons (Fsp3) is 0.273. The van der Waals surface area contributed by atoms with Gasteiger partial charge in [-0.3, -0.25) is 0 Å². The standard InChI is InChI=1S/C11H11ClF2N2/c1-11(4-10(15)16-5-11)6-2-9(14)7(12)3-8(6)13/h2-4,16H,5,15H2,1H3/t11-/m1/s1. The zero-order valence-corrected chi connectivity index (χ0v) is 9.41. The molecule has 0 bridgehead atoms. The largest absolute Gasteiger partial charge is 0.386 e. The van der Waals surface area contributed by atoms with Gasteiger partial charge >= 0.3 is 0 Å². The van der Waals surface area contributed by atoms with Crippen LogP contribution in [-0.4, -0.2) is 6.54 Å². The van der Waals surface area contributed by atoms with Gasteiger partial charge in [-0.15, -0.1) is 0 Å². The Kier molecular flexibility index (Phi) is 2.54. The monoisotopic (exact) mass is 244 g/mol. The Morgan fingerprint density at radius 2 is 2.06 bits per heavy atom. The van der Waals surface area contributed by atoms with E-state index in [0.717, 1.165) is 12.1 Å². The summed E-state index contributed by atoms with van der Waals surface area (Å²) < 4.78 is 27.0. The number of rotatable bonds is 1. The van der Waals surface area contributed by atoms with Crippen LogP contribution in [0, 0.1) is 11.6 Å². The number of nitrogens with two attached hydrogens (primary N) is 1. The van der Waals surface area contributed by atoms with E-state index in [4.69, 9.17) is 17.3 Å². The van der Waals surface area contributed by atoms with E-state index in [2.05, 4.69) is 5.32 Å². The highest BCUT2D eigenvalue weighted by atomic mass is 35.5. The van der Waals surface area contributed by atoms with Crippen molar-refractivity contribution in [3.05, 3.63) is 46.3 Å². The van der Waals surface area contributed by atoms with E-state index in [1.54, 1.807) is 13.0 Å². The van der Waals surface area contributed by atoms with Gasteiger partial charge in [-0.05, 0) is 18.2 Å². The van der Waals surface area contributed by atoms with Crippen molar-refractivity contribution in [2.24, 2.45) is 5.73 Å². The summed E-state index contributed by atoms with van der Waals surface area (Å²) in [4.78, 5) is 0. The fourth-order valence-electron chi connectivity index (χ4n) is 1.86. The van der Waals surface area contributed by atoms with Crippen molar-refractivity contribution < 1.29 is 8.78 Å². The molecule has 0 fully saturated rings. The van der Waals surface area contributed by atoms with Crippen molar-refractivity contribution in [3.63, 3.8) is 0 Å². The van der Waals surface area contributed by atoms with E-state index >= 15 is 0 Å². The molecule has 16 heavy (non-hydrogen) atoms. The highest BCUT2D eigenvalue weighted by Gasteiger charge is 2.32. The number of benzene rings is 1. The summed E-state index contributed by atoms with van der Waals surface area (Å²) in [5, 5.41) is 2.67. The molecule has 1 heterocycles. The van der Waals surface area contributed by atoms with Gasteiger partial charge in [0.2, 0.25) is 0 Å². The molecule has 3 N–H and O–H groups in total. The molecule has 0 aliphatic carbocycles. The molecule has 2 nitrogen and oxygen atoms in total. The van der Waals surface area contributed by atoms with Crippen LogP contribution in [0.15, 0.2) is 24.0 Å². The fourth-order valence-corrected chi connectivity index (χ4v) is 2.01. The minimum absolute atomic E-state index is 0.215. The summed E-state index contributed by atoms with van der Waals surface area (Å²) in [7, 11) is 0. The van der Waals surface area contributed by atoms with Gasteiger partial charge in [0.25, 0.3) is 0 Å². The van der Waals surface area contributed by atoms with Gasteiger partial charge in [-0.1, -0.05) is 18.5 Å². The van der Waals surface area contributed by atoms with Crippen molar-refractivity contribution >= 4 is 11.6 Å². The zero-order valence-electron chi connectivity index (χ0n) is 8.65. The molecule has 0 saturated heterocycles. The van der Waals surface area contributed by atoms with Crippen LogP contribution in [0.3, 0.4) is 0 Å². The van der Waals surface area contributed by atoms with Gasteiger partial charge in [0.05, 0.1) is 10.8 Å².